The van der Waals surface area contributed by atoms with E-state index in [1.54, 1.807) is 4.90 Å². The Morgan fingerprint density at radius 1 is 1.07 bits per heavy atom. The summed E-state index contributed by atoms with van der Waals surface area (Å²) in [5, 5.41) is 12.5. The van der Waals surface area contributed by atoms with Gasteiger partial charge in [0.15, 0.2) is 0 Å². The minimum Gasteiger partial charge on any atom is -0.395 e. The second kappa shape index (κ2) is 11.0. The van der Waals surface area contributed by atoms with E-state index < -0.39 is 0 Å². The molecule has 1 saturated heterocycles. The lowest BCUT2D eigenvalue weighted by Crippen LogP contribution is -2.45. The normalized spacial score (nSPS) is 15.2. The molecule has 1 aliphatic heterocycles. The fraction of sp³-hybridized carbons (Fsp3) is 0.458. The highest BCUT2D eigenvalue weighted by atomic mass is 16.3. The Bertz CT molecular complexity index is 742. The van der Waals surface area contributed by atoms with E-state index in [-0.39, 0.29) is 18.7 Å². The quantitative estimate of drug-likeness (QED) is 0.684. The second-order valence-corrected chi connectivity index (χ2v) is 7.80. The molecular weight excluding hydrogens is 362 g/mol. The van der Waals surface area contributed by atoms with Crippen LogP contribution in [-0.2, 0) is 6.42 Å². The molecule has 0 spiro atoms. The SMILES string of the molecule is Cc1ccc(C(CNC(=O)N(CCO)CCc2ccccc2)N2CCCC2)cc1. The van der Waals surface area contributed by atoms with Gasteiger partial charge in [0.1, 0.15) is 0 Å². The molecule has 2 aromatic carbocycles. The summed E-state index contributed by atoms with van der Waals surface area (Å²) >= 11 is 0. The fourth-order valence-electron chi connectivity index (χ4n) is 3.94. The first kappa shape index (κ1) is 21.3. The number of amides is 2. The van der Waals surface area contributed by atoms with E-state index in [1.807, 2.05) is 18.2 Å². The largest absolute Gasteiger partial charge is 0.395 e. The van der Waals surface area contributed by atoms with Gasteiger partial charge >= 0.3 is 6.03 Å². The molecular formula is C24H33N3O2. The van der Waals surface area contributed by atoms with Crippen molar-refractivity contribution in [2.75, 3.05) is 39.3 Å². The number of urea groups is 1. The molecule has 0 aliphatic carbocycles. The smallest absolute Gasteiger partial charge is 0.317 e. The molecule has 0 saturated carbocycles. The molecule has 1 fully saturated rings. The van der Waals surface area contributed by atoms with Crippen molar-refractivity contribution in [3.05, 3.63) is 71.3 Å². The van der Waals surface area contributed by atoms with Crippen molar-refractivity contribution in [3.8, 4) is 0 Å². The highest BCUT2D eigenvalue weighted by molar-refractivity contribution is 5.74. The van der Waals surface area contributed by atoms with Crippen LogP contribution in [0.3, 0.4) is 0 Å². The zero-order chi connectivity index (χ0) is 20.5. The number of aryl methyl sites for hydroxylation is 1. The lowest BCUT2D eigenvalue weighted by atomic mass is 10.0. The van der Waals surface area contributed by atoms with E-state index >= 15 is 0 Å². The number of likely N-dealkylation sites (tertiary alicyclic amines) is 1. The highest BCUT2D eigenvalue weighted by Crippen LogP contribution is 2.25. The Morgan fingerprint density at radius 2 is 1.76 bits per heavy atom. The van der Waals surface area contributed by atoms with Gasteiger partial charge < -0.3 is 15.3 Å². The topological polar surface area (TPSA) is 55.8 Å². The van der Waals surface area contributed by atoms with Crippen molar-refractivity contribution in [3.63, 3.8) is 0 Å². The Morgan fingerprint density at radius 3 is 2.41 bits per heavy atom. The van der Waals surface area contributed by atoms with E-state index in [2.05, 4.69) is 53.5 Å². The average Bonchev–Trinajstić information content (AvgIpc) is 3.27. The fourth-order valence-corrected chi connectivity index (χ4v) is 3.94. The molecule has 0 bridgehead atoms. The summed E-state index contributed by atoms with van der Waals surface area (Å²) in [6.07, 6.45) is 3.20. The third-order valence-electron chi connectivity index (χ3n) is 5.66. The van der Waals surface area contributed by atoms with Crippen molar-refractivity contribution in [2.24, 2.45) is 0 Å². The van der Waals surface area contributed by atoms with Gasteiger partial charge in [0, 0.05) is 19.6 Å². The zero-order valence-corrected chi connectivity index (χ0v) is 17.4. The van der Waals surface area contributed by atoms with Crippen LogP contribution >= 0.6 is 0 Å². The summed E-state index contributed by atoms with van der Waals surface area (Å²) in [6, 6.07) is 18.8. The maximum absolute atomic E-state index is 12.8. The lowest BCUT2D eigenvalue weighted by molar-refractivity contribution is 0.171. The van der Waals surface area contributed by atoms with Crippen LogP contribution in [0.25, 0.3) is 0 Å². The van der Waals surface area contributed by atoms with Crippen LogP contribution in [0, 0.1) is 6.92 Å². The summed E-state index contributed by atoms with van der Waals surface area (Å²) in [6.45, 7) is 5.72. The van der Waals surface area contributed by atoms with Crippen LogP contribution in [0.1, 0.15) is 35.6 Å². The second-order valence-electron chi connectivity index (χ2n) is 7.80. The first-order chi connectivity index (χ1) is 14.2. The third-order valence-corrected chi connectivity index (χ3v) is 5.66. The standard InChI is InChI=1S/C24H33N3O2/c1-20-9-11-22(12-10-20)23(26-14-5-6-15-26)19-25-24(29)27(17-18-28)16-13-21-7-3-2-4-8-21/h2-4,7-12,23,28H,5-6,13-19H2,1H3,(H,25,29). The molecule has 2 aromatic rings. The van der Waals surface area contributed by atoms with Crippen LogP contribution in [0.4, 0.5) is 4.79 Å². The summed E-state index contributed by atoms with van der Waals surface area (Å²) in [5.74, 6) is 0. The van der Waals surface area contributed by atoms with Crippen LogP contribution in [0.2, 0.25) is 0 Å². The van der Waals surface area contributed by atoms with Gasteiger partial charge in [-0.05, 0) is 50.4 Å². The molecule has 1 atom stereocenters. The summed E-state index contributed by atoms with van der Waals surface area (Å²) in [5.41, 5.74) is 3.68. The number of carbonyl (C=O) groups excluding carboxylic acids is 1. The predicted octanol–water partition coefficient (Wildman–Crippen LogP) is 3.38. The van der Waals surface area contributed by atoms with E-state index in [0.29, 0.717) is 19.6 Å². The number of hydrogen-bond donors (Lipinski definition) is 2. The zero-order valence-electron chi connectivity index (χ0n) is 17.4. The predicted molar refractivity (Wildman–Crippen MR) is 117 cm³/mol. The van der Waals surface area contributed by atoms with E-state index in [0.717, 1.165) is 19.5 Å². The Balaban J connectivity index is 1.61. The number of benzene rings is 2. The first-order valence-electron chi connectivity index (χ1n) is 10.7. The molecule has 1 heterocycles. The van der Waals surface area contributed by atoms with Gasteiger partial charge in [0.05, 0.1) is 12.6 Å². The molecule has 5 heteroatoms. The lowest BCUT2D eigenvalue weighted by Gasteiger charge is -2.30. The van der Waals surface area contributed by atoms with E-state index in [9.17, 15) is 9.90 Å². The van der Waals surface area contributed by atoms with Gasteiger partial charge in [-0.15, -0.1) is 0 Å². The maximum atomic E-state index is 12.8. The van der Waals surface area contributed by atoms with Crippen molar-refractivity contribution >= 4 is 6.03 Å². The van der Waals surface area contributed by atoms with Crippen molar-refractivity contribution < 1.29 is 9.90 Å². The monoisotopic (exact) mass is 395 g/mol. The number of aliphatic hydroxyl groups excluding tert-OH is 1. The molecule has 2 N–H and O–H groups in total. The minimum absolute atomic E-state index is 0.0320. The number of hydrogen-bond acceptors (Lipinski definition) is 3. The van der Waals surface area contributed by atoms with Gasteiger partial charge in [-0.2, -0.15) is 0 Å². The summed E-state index contributed by atoms with van der Waals surface area (Å²) < 4.78 is 0. The third kappa shape index (κ3) is 6.31. The van der Waals surface area contributed by atoms with Crippen molar-refractivity contribution in [1.82, 2.24) is 15.1 Å². The van der Waals surface area contributed by atoms with Gasteiger partial charge in [-0.3, -0.25) is 4.90 Å². The summed E-state index contributed by atoms with van der Waals surface area (Å²) in [4.78, 5) is 17.0. The molecule has 1 aliphatic rings. The van der Waals surface area contributed by atoms with Gasteiger partial charge in [0.25, 0.3) is 0 Å². The van der Waals surface area contributed by atoms with Crippen molar-refractivity contribution in [2.45, 2.75) is 32.2 Å². The van der Waals surface area contributed by atoms with E-state index in [1.165, 1.54) is 29.5 Å². The van der Waals surface area contributed by atoms with Gasteiger partial charge in [-0.1, -0.05) is 60.2 Å². The maximum Gasteiger partial charge on any atom is 0.317 e. The number of nitrogens with zero attached hydrogens (tertiary/aromatic N) is 2. The molecule has 1 unspecified atom stereocenters. The van der Waals surface area contributed by atoms with Crippen LogP contribution < -0.4 is 5.32 Å². The molecule has 0 aromatic heterocycles. The molecule has 0 radical (unpaired) electrons. The van der Waals surface area contributed by atoms with Crippen LogP contribution in [0.5, 0.6) is 0 Å². The van der Waals surface area contributed by atoms with Crippen molar-refractivity contribution in [1.29, 1.82) is 0 Å². The highest BCUT2D eigenvalue weighted by Gasteiger charge is 2.24. The molecule has 5 nitrogen and oxygen atoms in total. The Kier molecular flexibility index (Phi) is 8.08. The Labute approximate surface area is 174 Å². The minimum atomic E-state index is -0.105. The number of aliphatic hydroxyl groups is 1. The molecule has 3 rings (SSSR count). The van der Waals surface area contributed by atoms with E-state index in [4.69, 9.17) is 0 Å². The summed E-state index contributed by atoms with van der Waals surface area (Å²) in [7, 11) is 0. The van der Waals surface area contributed by atoms with Gasteiger partial charge in [-0.25, -0.2) is 4.79 Å². The van der Waals surface area contributed by atoms with Crippen LogP contribution in [0.15, 0.2) is 54.6 Å². The number of rotatable bonds is 9. The molecule has 156 valence electrons. The molecule has 29 heavy (non-hydrogen) atoms. The Hall–Kier alpha value is -2.37. The molecule has 2 amide bonds. The first-order valence-corrected chi connectivity index (χ1v) is 10.7. The number of carbonyl (C=O) groups is 1. The average molecular weight is 396 g/mol. The van der Waals surface area contributed by atoms with Gasteiger partial charge in [0.2, 0.25) is 0 Å². The number of nitrogens with one attached hydrogen (secondary N) is 1. The van der Waals surface area contributed by atoms with Crippen LogP contribution in [-0.4, -0.2) is 60.3 Å².